The van der Waals surface area contributed by atoms with E-state index in [-0.39, 0.29) is 5.91 Å². The first-order valence-electron chi connectivity index (χ1n) is 9.21. The molecular formula is C22H23N3O. The normalized spacial score (nSPS) is 14.5. The maximum Gasteiger partial charge on any atom is 0.251 e. The van der Waals surface area contributed by atoms with Gasteiger partial charge in [-0.1, -0.05) is 55.3 Å². The highest BCUT2D eigenvalue weighted by Gasteiger charge is 2.18. The topological polar surface area (TPSA) is 46.9 Å². The van der Waals surface area contributed by atoms with Gasteiger partial charge in [-0.2, -0.15) is 5.10 Å². The lowest BCUT2D eigenvalue weighted by atomic mass is 10.1. The largest absolute Gasteiger partial charge is 0.349 e. The predicted octanol–water partition coefficient (Wildman–Crippen LogP) is 4.43. The lowest BCUT2D eigenvalue weighted by Crippen LogP contribution is -2.32. The number of carbonyl (C=O) groups excluding carboxylic acids is 1. The molecule has 4 nitrogen and oxygen atoms in total. The van der Waals surface area contributed by atoms with Gasteiger partial charge in [0, 0.05) is 24.2 Å². The minimum absolute atomic E-state index is 0.0226. The molecule has 1 amide bonds. The van der Waals surface area contributed by atoms with Crippen LogP contribution >= 0.6 is 0 Å². The highest BCUT2D eigenvalue weighted by molar-refractivity contribution is 5.94. The standard InChI is InChI=1S/C22H23N3O/c1-25-21(17-7-3-2-4-8-17)15-20(24-25)16-11-13-18(14-12-16)22(26)23-19-9-5-6-10-19/h2-4,7-8,11-15,19H,5-6,9-10H2,1H3,(H,23,26). The predicted molar refractivity (Wildman–Crippen MR) is 104 cm³/mol. The number of hydrogen-bond acceptors (Lipinski definition) is 2. The Labute approximate surface area is 153 Å². The summed E-state index contributed by atoms with van der Waals surface area (Å²) in [5.41, 5.74) is 4.85. The molecular weight excluding hydrogens is 322 g/mol. The quantitative estimate of drug-likeness (QED) is 0.760. The number of hydrogen-bond donors (Lipinski definition) is 1. The molecule has 1 aliphatic carbocycles. The Morgan fingerprint density at radius 1 is 1.00 bits per heavy atom. The second-order valence-corrected chi connectivity index (χ2v) is 6.94. The maximum absolute atomic E-state index is 12.4. The zero-order valence-corrected chi connectivity index (χ0v) is 15.0. The van der Waals surface area contributed by atoms with E-state index in [9.17, 15) is 4.79 Å². The molecule has 0 atom stereocenters. The Balaban J connectivity index is 1.53. The van der Waals surface area contributed by atoms with Gasteiger partial charge in [0.05, 0.1) is 11.4 Å². The minimum atomic E-state index is 0.0226. The van der Waals surface area contributed by atoms with Crippen molar-refractivity contribution in [2.45, 2.75) is 31.7 Å². The molecule has 0 saturated heterocycles. The minimum Gasteiger partial charge on any atom is -0.349 e. The molecule has 1 aromatic heterocycles. The van der Waals surface area contributed by atoms with Crippen molar-refractivity contribution in [2.75, 3.05) is 0 Å². The molecule has 0 unspecified atom stereocenters. The molecule has 0 radical (unpaired) electrons. The van der Waals surface area contributed by atoms with E-state index < -0.39 is 0 Å². The van der Waals surface area contributed by atoms with Crippen molar-refractivity contribution < 1.29 is 4.79 Å². The third-order valence-corrected chi connectivity index (χ3v) is 5.08. The Bertz CT molecular complexity index is 891. The van der Waals surface area contributed by atoms with Crippen molar-refractivity contribution in [1.82, 2.24) is 15.1 Å². The van der Waals surface area contributed by atoms with Crippen LogP contribution < -0.4 is 5.32 Å². The molecule has 1 heterocycles. The summed E-state index contributed by atoms with van der Waals surface area (Å²) in [7, 11) is 1.95. The number of amides is 1. The molecule has 0 aliphatic heterocycles. The summed E-state index contributed by atoms with van der Waals surface area (Å²) >= 11 is 0. The average molecular weight is 345 g/mol. The molecule has 1 aliphatic rings. The van der Waals surface area contributed by atoms with Crippen LogP contribution in [0, 0.1) is 0 Å². The Morgan fingerprint density at radius 2 is 1.69 bits per heavy atom. The number of rotatable bonds is 4. The van der Waals surface area contributed by atoms with Gasteiger partial charge < -0.3 is 5.32 Å². The fourth-order valence-electron chi connectivity index (χ4n) is 3.62. The first-order chi connectivity index (χ1) is 12.7. The highest BCUT2D eigenvalue weighted by Crippen LogP contribution is 2.26. The molecule has 26 heavy (non-hydrogen) atoms. The van der Waals surface area contributed by atoms with Gasteiger partial charge in [-0.15, -0.1) is 0 Å². The second-order valence-electron chi connectivity index (χ2n) is 6.94. The van der Waals surface area contributed by atoms with Crippen LogP contribution in [0.3, 0.4) is 0 Å². The van der Waals surface area contributed by atoms with E-state index in [1.165, 1.54) is 12.8 Å². The van der Waals surface area contributed by atoms with Crippen molar-refractivity contribution in [1.29, 1.82) is 0 Å². The highest BCUT2D eigenvalue weighted by atomic mass is 16.1. The monoisotopic (exact) mass is 345 g/mol. The van der Waals surface area contributed by atoms with Gasteiger partial charge in [-0.05, 0) is 36.6 Å². The van der Waals surface area contributed by atoms with Gasteiger partial charge in [0.15, 0.2) is 0 Å². The molecule has 1 fully saturated rings. The van der Waals surface area contributed by atoms with E-state index in [0.29, 0.717) is 11.6 Å². The summed E-state index contributed by atoms with van der Waals surface area (Å²) in [5.74, 6) is 0.0226. The number of aryl methyl sites for hydroxylation is 1. The first-order valence-corrected chi connectivity index (χ1v) is 9.21. The third-order valence-electron chi connectivity index (χ3n) is 5.08. The van der Waals surface area contributed by atoms with Gasteiger partial charge in [0.2, 0.25) is 0 Å². The number of aromatic nitrogens is 2. The maximum atomic E-state index is 12.4. The molecule has 4 rings (SSSR count). The van der Waals surface area contributed by atoms with Crippen LogP contribution in [0.25, 0.3) is 22.5 Å². The lowest BCUT2D eigenvalue weighted by molar-refractivity contribution is 0.0938. The van der Waals surface area contributed by atoms with Crippen molar-refractivity contribution in [2.24, 2.45) is 7.05 Å². The number of benzene rings is 2. The summed E-state index contributed by atoms with van der Waals surface area (Å²) in [5, 5.41) is 7.76. The Hall–Kier alpha value is -2.88. The van der Waals surface area contributed by atoms with Crippen LogP contribution in [0.4, 0.5) is 0 Å². The zero-order chi connectivity index (χ0) is 17.9. The summed E-state index contributed by atoms with van der Waals surface area (Å²) in [6, 6.07) is 20.4. The number of carbonyl (C=O) groups is 1. The van der Waals surface area contributed by atoms with Crippen LogP contribution in [0.2, 0.25) is 0 Å². The summed E-state index contributed by atoms with van der Waals surface area (Å²) in [6.45, 7) is 0. The summed E-state index contributed by atoms with van der Waals surface area (Å²) in [4.78, 5) is 12.4. The molecule has 132 valence electrons. The van der Waals surface area contributed by atoms with Gasteiger partial charge in [-0.3, -0.25) is 9.48 Å². The van der Waals surface area contributed by atoms with Crippen LogP contribution in [0.5, 0.6) is 0 Å². The van der Waals surface area contributed by atoms with Gasteiger partial charge in [-0.25, -0.2) is 0 Å². The van der Waals surface area contributed by atoms with E-state index in [2.05, 4.69) is 28.6 Å². The first kappa shape index (κ1) is 16.6. The summed E-state index contributed by atoms with van der Waals surface area (Å²) in [6.07, 6.45) is 4.63. The zero-order valence-electron chi connectivity index (χ0n) is 15.0. The van der Waals surface area contributed by atoms with Crippen LogP contribution in [-0.4, -0.2) is 21.7 Å². The van der Waals surface area contributed by atoms with Crippen molar-refractivity contribution in [3.8, 4) is 22.5 Å². The van der Waals surface area contributed by atoms with E-state index in [0.717, 1.165) is 35.4 Å². The second kappa shape index (κ2) is 7.16. The molecule has 2 aromatic carbocycles. The van der Waals surface area contributed by atoms with E-state index in [4.69, 9.17) is 0 Å². The molecule has 0 bridgehead atoms. The average Bonchev–Trinajstić information content (AvgIpc) is 3.32. The van der Waals surface area contributed by atoms with Crippen molar-refractivity contribution in [3.63, 3.8) is 0 Å². The molecule has 1 N–H and O–H groups in total. The Kier molecular flexibility index (Phi) is 4.57. The number of nitrogens with zero attached hydrogens (tertiary/aromatic N) is 2. The van der Waals surface area contributed by atoms with Crippen molar-refractivity contribution >= 4 is 5.91 Å². The summed E-state index contributed by atoms with van der Waals surface area (Å²) < 4.78 is 1.89. The SMILES string of the molecule is Cn1nc(-c2ccc(C(=O)NC3CCCC3)cc2)cc1-c1ccccc1. The van der Waals surface area contributed by atoms with Gasteiger partial charge in [0.25, 0.3) is 5.91 Å². The number of nitrogens with one attached hydrogen (secondary N) is 1. The third kappa shape index (κ3) is 3.40. The van der Waals surface area contributed by atoms with Crippen LogP contribution in [0.1, 0.15) is 36.0 Å². The van der Waals surface area contributed by atoms with Gasteiger partial charge >= 0.3 is 0 Å². The Morgan fingerprint density at radius 3 is 2.38 bits per heavy atom. The van der Waals surface area contributed by atoms with Gasteiger partial charge in [0.1, 0.15) is 0 Å². The molecule has 4 heteroatoms. The fourth-order valence-corrected chi connectivity index (χ4v) is 3.62. The molecule has 0 spiro atoms. The molecule has 3 aromatic rings. The molecule has 1 saturated carbocycles. The van der Waals surface area contributed by atoms with Crippen LogP contribution in [0.15, 0.2) is 60.7 Å². The van der Waals surface area contributed by atoms with E-state index in [1.807, 2.05) is 54.2 Å². The van der Waals surface area contributed by atoms with Crippen LogP contribution in [-0.2, 0) is 7.05 Å². The van der Waals surface area contributed by atoms with Crippen molar-refractivity contribution in [3.05, 3.63) is 66.2 Å². The fraction of sp³-hybridized carbons (Fsp3) is 0.273. The lowest BCUT2D eigenvalue weighted by Gasteiger charge is -2.11. The van der Waals surface area contributed by atoms with E-state index in [1.54, 1.807) is 0 Å². The van der Waals surface area contributed by atoms with E-state index >= 15 is 0 Å². The smallest absolute Gasteiger partial charge is 0.251 e.